The number of carbonyl (C=O) groups is 1. The lowest BCUT2D eigenvalue weighted by Crippen LogP contribution is -2.26. The number of nitrogens with zero attached hydrogens (tertiary/aromatic N) is 3. The molecule has 0 spiro atoms. The average molecular weight is 246 g/mol. The fraction of sp³-hybridized carbons (Fsp3) is 0.273. The van der Waals surface area contributed by atoms with Crippen LogP contribution in [-0.4, -0.2) is 39.7 Å². The third-order valence-corrected chi connectivity index (χ3v) is 2.39. The van der Waals surface area contributed by atoms with Gasteiger partial charge in [0.05, 0.1) is 0 Å². The molecule has 7 nitrogen and oxygen atoms in total. The Kier molecular flexibility index (Phi) is 3.85. The van der Waals surface area contributed by atoms with Crippen molar-refractivity contribution in [1.29, 1.82) is 0 Å². The van der Waals surface area contributed by atoms with Crippen LogP contribution in [0.2, 0.25) is 0 Å². The van der Waals surface area contributed by atoms with Gasteiger partial charge >= 0.3 is 0 Å². The second-order valence-electron chi connectivity index (χ2n) is 3.62. The number of aromatic amines is 1. The van der Waals surface area contributed by atoms with E-state index in [1.54, 1.807) is 25.4 Å². The highest BCUT2D eigenvalue weighted by Crippen LogP contribution is 2.05. The van der Waals surface area contributed by atoms with Crippen LogP contribution in [0.3, 0.4) is 0 Å². The lowest BCUT2D eigenvalue weighted by Gasteiger charge is -2.05. The van der Waals surface area contributed by atoms with Crippen molar-refractivity contribution < 1.29 is 4.79 Å². The number of pyridine rings is 1. The van der Waals surface area contributed by atoms with E-state index >= 15 is 0 Å². The van der Waals surface area contributed by atoms with Crippen LogP contribution >= 0.6 is 0 Å². The summed E-state index contributed by atoms with van der Waals surface area (Å²) in [7, 11) is 1.76. The van der Waals surface area contributed by atoms with Gasteiger partial charge in [-0.3, -0.25) is 9.89 Å². The maximum atomic E-state index is 11.8. The number of H-pyrrole nitrogens is 1. The van der Waals surface area contributed by atoms with E-state index in [0.717, 1.165) is 5.82 Å². The number of amides is 1. The van der Waals surface area contributed by atoms with Crippen LogP contribution in [0.15, 0.2) is 24.7 Å². The van der Waals surface area contributed by atoms with Gasteiger partial charge in [0.2, 0.25) is 0 Å². The molecule has 1 amide bonds. The molecule has 2 heterocycles. The predicted octanol–water partition coefficient (Wildman–Crippen LogP) is 0.214. The number of hydrogen-bond acceptors (Lipinski definition) is 5. The molecular weight excluding hydrogens is 232 g/mol. The van der Waals surface area contributed by atoms with Gasteiger partial charge in [-0.1, -0.05) is 0 Å². The number of anilines is 1. The largest absolute Gasteiger partial charge is 0.373 e. The van der Waals surface area contributed by atoms with Crippen LogP contribution in [0.4, 0.5) is 5.82 Å². The molecule has 3 N–H and O–H groups in total. The Bertz CT molecular complexity index is 510. The smallest absolute Gasteiger partial charge is 0.251 e. The summed E-state index contributed by atoms with van der Waals surface area (Å²) in [4.78, 5) is 19.9. The van der Waals surface area contributed by atoms with Crippen molar-refractivity contribution in [1.82, 2.24) is 25.5 Å². The molecule has 18 heavy (non-hydrogen) atoms. The van der Waals surface area contributed by atoms with Gasteiger partial charge < -0.3 is 10.6 Å². The summed E-state index contributed by atoms with van der Waals surface area (Å²) in [5.41, 5.74) is 0.576. The van der Waals surface area contributed by atoms with Gasteiger partial charge in [-0.2, -0.15) is 5.10 Å². The van der Waals surface area contributed by atoms with Gasteiger partial charge in [-0.25, -0.2) is 9.97 Å². The first kappa shape index (κ1) is 12.0. The SMILES string of the molecule is CNc1cc(C(=O)NCCc2ncn[nH]2)ccn1. The minimum atomic E-state index is -0.131. The number of hydrogen-bond donors (Lipinski definition) is 3. The zero-order valence-electron chi connectivity index (χ0n) is 9.97. The lowest BCUT2D eigenvalue weighted by molar-refractivity contribution is 0.0954. The Hall–Kier alpha value is -2.44. The Balaban J connectivity index is 1.87. The summed E-state index contributed by atoms with van der Waals surface area (Å²) in [6.07, 6.45) is 3.66. The first-order chi connectivity index (χ1) is 8.79. The van der Waals surface area contributed by atoms with E-state index in [4.69, 9.17) is 0 Å². The summed E-state index contributed by atoms with van der Waals surface area (Å²) in [6, 6.07) is 3.37. The van der Waals surface area contributed by atoms with Crippen molar-refractivity contribution in [2.75, 3.05) is 18.9 Å². The molecule has 0 atom stereocenters. The highest BCUT2D eigenvalue weighted by molar-refractivity contribution is 5.94. The molecule has 0 aliphatic heterocycles. The summed E-state index contributed by atoms with van der Waals surface area (Å²) in [5, 5.41) is 12.2. The van der Waals surface area contributed by atoms with Crippen molar-refractivity contribution in [3.8, 4) is 0 Å². The molecule has 94 valence electrons. The molecule has 0 unspecified atom stereocenters. The van der Waals surface area contributed by atoms with Crippen molar-refractivity contribution >= 4 is 11.7 Å². The number of nitrogens with one attached hydrogen (secondary N) is 3. The summed E-state index contributed by atoms with van der Waals surface area (Å²) >= 11 is 0. The predicted molar refractivity (Wildman–Crippen MR) is 66.2 cm³/mol. The van der Waals surface area contributed by atoms with E-state index in [1.165, 1.54) is 6.33 Å². The quantitative estimate of drug-likeness (QED) is 0.701. The third-order valence-electron chi connectivity index (χ3n) is 2.39. The van der Waals surface area contributed by atoms with Crippen LogP contribution in [0, 0.1) is 0 Å². The Morgan fingerprint density at radius 2 is 2.33 bits per heavy atom. The third kappa shape index (κ3) is 3.03. The molecule has 0 fully saturated rings. The minimum absolute atomic E-state index is 0.131. The molecule has 2 aromatic heterocycles. The molecule has 0 radical (unpaired) electrons. The average Bonchev–Trinajstić information content (AvgIpc) is 2.92. The molecule has 2 rings (SSSR count). The Morgan fingerprint density at radius 3 is 3.06 bits per heavy atom. The fourth-order valence-corrected chi connectivity index (χ4v) is 1.46. The first-order valence-electron chi connectivity index (χ1n) is 5.56. The molecular formula is C11H14N6O. The molecule has 0 saturated heterocycles. The number of rotatable bonds is 5. The standard InChI is InChI=1S/C11H14N6O/c1-12-10-6-8(2-4-13-10)11(18)14-5-3-9-15-7-16-17-9/h2,4,6-7H,3,5H2,1H3,(H,12,13)(H,14,18)(H,15,16,17). The fourth-order valence-electron chi connectivity index (χ4n) is 1.46. The summed E-state index contributed by atoms with van der Waals surface area (Å²) < 4.78 is 0. The molecule has 2 aromatic rings. The summed E-state index contributed by atoms with van der Waals surface area (Å²) in [5.74, 6) is 1.28. The van der Waals surface area contributed by atoms with E-state index in [0.29, 0.717) is 24.3 Å². The Morgan fingerprint density at radius 1 is 1.44 bits per heavy atom. The zero-order chi connectivity index (χ0) is 12.8. The summed E-state index contributed by atoms with van der Waals surface area (Å²) in [6.45, 7) is 0.505. The van der Waals surface area contributed by atoms with Gasteiger partial charge in [0.15, 0.2) is 0 Å². The van der Waals surface area contributed by atoms with Crippen molar-refractivity contribution in [3.05, 3.63) is 36.0 Å². The van der Waals surface area contributed by atoms with E-state index in [1.807, 2.05) is 0 Å². The van der Waals surface area contributed by atoms with Crippen molar-refractivity contribution in [3.63, 3.8) is 0 Å². The lowest BCUT2D eigenvalue weighted by atomic mass is 10.2. The zero-order valence-corrected chi connectivity index (χ0v) is 9.97. The topological polar surface area (TPSA) is 95.6 Å². The van der Waals surface area contributed by atoms with E-state index in [2.05, 4.69) is 30.8 Å². The molecule has 0 saturated carbocycles. The molecule has 0 aromatic carbocycles. The van der Waals surface area contributed by atoms with E-state index in [9.17, 15) is 4.79 Å². The highest BCUT2D eigenvalue weighted by Gasteiger charge is 2.06. The first-order valence-corrected chi connectivity index (χ1v) is 5.56. The van der Waals surface area contributed by atoms with Crippen molar-refractivity contribution in [2.45, 2.75) is 6.42 Å². The van der Waals surface area contributed by atoms with Gasteiger partial charge in [0.1, 0.15) is 18.0 Å². The normalized spacial score (nSPS) is 10.1. The maximum absolute atomic E-state index is 11.8. The molecule has 7 heteroatoms. The van der Waals surface area contributed by atoms with Gasteiger partial charge in [-0.05, 0) is 12.1 Å². The van der Waals surface area contributed by atoms with Crippen LogP contribution < -0.4 is 10.6 Å². The van der Waals surface area contributed by atoms with Crippen LogP contribution in [0.1, 0.15) is 16.2 Å². The molecule has 0 bridgehead atoms. The van der Waals surface area contributed by atoms with E-state index < -0.39 is 0 Å². The van der Waals surface area contributed by atoms with Gasteiger partial charge in [0.25, 0.3) is 5.91 Å². The second-order valence-corrected chi connectivity index (χ2v) is 3.62. The van der Waals surface area contributed by atoms with Gasteiger partial charge in [0, 0.05) is 31.8 Å². The maximum Gasteiger partial charge on any atom is 0.251 e. The number of aromatic nitrogens is 4. The second kappa shape index (κ2) is 5.76. The Labute approximate surface area is 104 Å². The minimum Gasteiger partial charge on any atom is -0.373 e. The monoisotopic (exact) mass is 246 g/mol. The molecule has 0 aliphatic rings. The molecule has 0 aliphatic carbocycles. The number of carbonyl (C=O) groups excluding carboxylic acids is 1. The van der Waals surface area contributed by atoms with E-state index in [-0.39, 0.29) is 5.91 Å². The highest BCUT2D eigenvalue weighted by atomic mass is 16.1. The van der Waals surface area contributed by atoms with Gasteiger partial charge in [-0.15, -0.1) is 0 Å². The van der Waals surface area contributed by atoms with Crippen LogP contribution in [0.25, 0.3) is 0 Å². The van der Waals surface area contributed by atoms with Crippen molar-refractivity contribution in [2.24, 2.45) is 0 Å². The van der Waals surface area contributed by atoms with Crippen LogP contribution in [-0.2, 0) is 6.42 Å². The van der Waals surface area contributed by atoms with Crippen LogP contribution in [0.5, 0.6) is 0 Å².